The summed E-state index contributed by atoms with van der Waals surface area (Å²) in [7, 11) is 0. The first-order valence-electron chi connectivity index (χ1n) is 8.76. The molecule has 1 aromatic heterocycles. The highest BCUT2D eigenvalue weighted by molar-refractivity contribution is 5.90. The van der Waals surface area contributed by atoms with E-state index in [1.165, 1.54) is 0 Å². The third-order valence-electron chi connectivity index (χ3n) is 4.54. The molecule has 1 heterocycles. The maximum atomic E-state index is 12.9. The number of rotatable bonds is 6. The van der Waals surface area contributed by atoms with Crippen LogP contribution in [0.15, 0.2) is 45.6 Å². The van der Waals surface area contributed by atoms with Crippen molar-refractivity contribution in [3.8, 4) is 5.75 Å². The van der Waals surface area contributed by atoms with E-state index in [-0.39, 0.29) is 22.0 Å². The van der Waals surface area contributed by atoms with Crippen LogP contribution >= 0.6 is 0 Å². The number of halogens is 3. The quantitative estimate of drug-likeness (QED) is 0.583. The van der Waals surface area contributed by atoms with Crippen LogP contribution in [0.3, 0.4) is 0 Å². The van der Waals surface area contributed by atoms with Crippen LogP contribution in [0.2, 0.25) is 0 Å². The first kappa shape index (κ1) is 19.2. The lowest BCUT2D eigenvalue weighted by Gasteiger charge is -2.18. The third kappa shape index (κ3) is 4.08. The topological polar surface area (TPSA) is 42.7 Å². The molecule has 0 amide bonds. The van der Waals surface area contributed by atoms with Gasteiger partial charge in [0.1, 0.15) is 23.5 Å². The van der Waals surface area contributed by atoms with Crippen molar-refractivity contribution in [1.29, 1.82) is 0 Å². The van der Waals surface area contributed by atoms with Gasteiger partial charge in [0.2, 0.25) is 5.43 Å². The monoisotopic (exact) mass is 379 g/mol. The first-order valence-corrected chi connectivity index (χ1v) is 8.76. The van der Waals surface area contributed by atoms with E-state index < -0.39 is 11.7 Å². The van der Waals surface area contributed by atoms with Crippen molar-refractivity contribution in [1.82, 2.24) is 4.90 Å². The number of likely N-dealkylation sites (N-methyl/N-ethyl adjacent to an activating group) is 1. The number of fused-ring (bicyclic) bond motifs is 2. The fourth-order valence-electron chi connectivity index (χ4n) is 2.93. The maximum absolute atomic E-state index is 12.9. The van der Waals surface area contributed by atoms with Gasteiger partial charge in [-0.05, 0) is 43.4 Å². The lowest BCUT2D eigenvalue weighted by Crippen LogP contribution is -2.27. The van der Waals surface area contributed by atoms with E-state index in [2.05, 4.69) is 18.7 Å². The van der Waals surface area contributed by atoms with Crippen LogP contribution in [0.25, 0.3) is 21.9 Å². The molecule has 4 nitrogen and oxygen atoms in total. The van der Waals surface area contributed by atoms with Crippen molar-refractivity contribution in [2.24, 2.45) is 0 Å². The summed E-state index contributed by atoms with van der Waals surface area (Å²) in [4.78, 5) is 14.8. The average molecular weight is 379 g/mol. The molecule has 0 saturated heterocycles. The summed E-state index contributed by atoms with van der Waals surface area (Å²) in [5, 5.41) is 0.420. The normalized spacial score (nSPS) is 12.2. The summed E-state index contributed by atoms with van der Waals surface area (Å²) >= 11 is 0. The number of hydrogen-bond acceptors (Lipinski definition) is 4. The first-order chi connectivity index (χ1) is 12.8. The lowest BCUT2D eigenvalue weighted by molar-refractivity contribution is -0.137. The van der Waals surface area contributed by atoms with Crippen LogP contribution < -0.4 is 10.2 Å². The second-order valence-corrected chi connectivity index (χ2v) is 6.17. The van der Waals surface area contributed by atoms with Gasteiger partial charge in [-0.3, -0.25) is 4.79 Å². The molecule has 0 radical (unpaired) electrons. The minimum atomic E-state index is -4.50. The standard InChI is InChI=1S/C20H20F3NO3/c1-3-24(4-2)9-10-26-14-6-8-16-18(12-14)27-17-11-13(20(21,22)23)5-7-15(17)19(16)25/h5-8,11-12H,3-4,9-10H2,1-2H3. The zero-order valence-electron chi connectivity index (χ0n) is 15.1. The van der Waals surface area contributed by atoms with Gasteiger partial charge in [-0.1, -0.05) is 13.8 Å². The van der Waals surface area contributed by atoms with Crippen molar-refractivity contribution >= 4 is 21.9 Å². The SMILES string of the molecule is CCN(CC)CCOc1ccc2c(=O)c3ccc(C(F)(F)F)cc3oc2c1. The number of hydrogen-bond donors (Lipinski definition) is 0. The van der Waals surface area contributed by atoms with Crippen LogP contribution in [-0.4, -0.2) is 31.1 Å². The molecule has 3 rings (SSSR count). The fourth-order valence-corrected chi connectivity index (χ4v) is 2.93. The smallest absolute Gasteiger partial charge is 0.416 e. The van der Waals surface area contributed by atoms with Crippen LogP contribution in [0, 0.1) is 0 Å². The predicted octanol–water partition coefficient (Wildman–Crippen LogP) is 4.69. The van der Waals surface area contributed by atoms with Crippen LogP contribution in [0.4, 0.5) is 13.2 Å². The van der Waals surface area contributed by atoms with Crippen molar-refractivity contribution < 1.29 is 22.3 Å². The minimum absolute atomic E-state index is 0.0948. The molecule has 0 atom stereocenters. The van der Waals surface area contributed by atoms with E-state index >= 15 is 0 Å². The van der Waals surface area contributed by atoms with Crippen molar-refractivity contribution in [3.63, 3.8) is 0 Å². The predicted molar refractivity (Wildman–Crippen MR) is 98.3 cm³/mol. The molecule has 2 aromatic carbocycles. The Morgan fingerprint density at radius 2 is 1.63 bits per heavy atom. The molecular weight excluding hydrogens is 359 g/mol. The zero-order chi connectivity index (χ0) is 19.6. The Hall–Kier alpha value is -2.54. The number of alkyl halides is 3. The Labute approximate surface area is 154 Å². The van der Waals surface area contributed by atoms with Gasteiger partial charge in [-0.15, -0.1) is 0 Å². The van der Waals surface area contributed by atoms with Gasteiger partial charge in [0.25, 0.3) is 0 Å². The van der Waals surface area contributed by atoms with Crippen molar-refractivity contribution in [3.05, 3.63) is 52.2 Å². The van der Waals surface area contributed by atoms with E-state index in [1.807, 2.05) is 0 Å². The maximum Gasteiger partial charge on any atom is 0.416 e. The highest BCUT2D eigenvalue weighted by atomic mass is 19.4. The summed E-state index contributed by atoms with van der Waals surface area (Å²) < 4.78 is 50.0. The lowest BCUT2D eigenvalue weighted by atomic mass is 10.1. The molecule has 7 heteroatoms. The number of nitrogens with zero attached hydrogens (tertiary/aromatic N) is 1. The van der Waals surface area contributed by atoms with E-state index in [0.717, 1.165) is 37.8 Å². The van der Waals surface area contributed by atoms with E-state index in [0.29, 0.717) is 17.7 Å². The number of ether oxygens (including phenoxy) is 1. The van der Waals surface area contributed by atoms with Gasteiger partial charge in [-0.25, -0.2) is 0 Å². The molecule has 0 aliphatic heterocycles. The molecule has 0 saturated carbocycles. The molecule has 3 aromatic rings. The Morgan fingerprint density at radius 3 is 2.26 bits per heavy atom. The molecule has 27 heavy (non-hydrogen) atoms. The second kappa shape index (κ2) is 7.60. The Kier molecular flexibility index (Phi) is 5.41. The van der Waals surface area contributed by atoms with Crippen LogP contribution in [-0.2, 0) is 6.18 Å². The third-order valence-corrected chi connectivity index (χ3v) is 4.54. The minimum Gasteiger partial charge on any atom is -0.492 e. The van der Waals surface area contributed by atoms with Crippen molar-refractivity contribution in [2.45, 2.75) is 20.0 Å². The summed E-state index contributed by atoms with van der Waals surface area (Å²) in [6, 6.07) is 7.67. The van der Waals surface area contributed by atoms with Gasteiger partial charge < -0.3 is 14.1 Å². The van der Waals surface area contributed by atoms with Crippen LogP contribution in [0.5, 0.6) is 5.75 Å². The van der Waals surface area contributed by atoms with Gasteiger partial charge in [0.15, 0.2) is 0 Å². The molecule has 0 unspecified atom stereocenters. The summed E-state index contributed by atoms with van der Waals surface area (Å²) in [5.74, 6) is 0.504. The molecule has 0 fully saturated rings. The summed E-state index contributed by atoms with van der Waals surface area (Å²) in [5.41, 5.74) is -1.12. The fraction of sp³-hybridized carbons (Fsp3) is 0.350. The van der Waals surface area contributed by atoms with Crippen LogP contribution in [0.1, 0.15) is 19.4 Å². The zero-order valence-corrected chi connectivity index (χ0v) is 15.1. The second-order valence-electron chi connectivity index (χ2n) is 6.17. The molecule has 0 bridgehead atoms. The van der Waals surface area contributed by atoms with E-state index in [1.54, 1.807) is 18.2 Å². The molecule has 144 valence electrons. The van der Waals surface area contributed by atoms with E-state index in [9.17, 15) is 18.0 Å². The molecule has 0 aliphatic carbocycles. The van der Waals surface area contributed by atoms with Crippen molar-refractivity contribution in [2.75, 3.05) is 26.2 Å². The molecular formula is C20H20F3NO3. The summed E-state index contributed by atoms with van der Waals surface area (Å²) in [6.45, 7) is 7.17. The highest BCUT2D eigenvalue weighted by Gasteiger charge is 2.31. The molecule has 0 spiro atoms. The Bertz CT molecular complexity index is 1010. The van der Waals surface area contributed by atoms with Gasteiger partial charge >= 0.3 is 6.18 Å². The largest absolute Gasteiger partial charge is 0.492 e. The Balaban J connectivity index is 1.95. The van der Waals surface area contributed by atoms with E-state index in [4.69, 9.17) is 9.15 Å². The average Bonchev–Trinajstić information content (AvgIpc) is 2.64. The van der Waals surface area contributed by atoms with Gasteiger partial charge in [0.05, 0.1) is 16.3 Å². The summed E-state index contributed by atoms with van der Waals surface area (Å²) in [6.07, 6.45) is -4.50. The Morgan fingerprint density at radius 1 is 1.00 bits per heavy atom. The van der Waals surface area contributed by atoms with Gasteiger partial charge in [0, 0.05) is 12.6 Å². The van der Waals surface area contributed by atoms with Gasteiger partial charge in [-0.2, -0.15) is 13.2 Å². The number of benzene rings is 2. The highest BCUT2D eigenvalue weighted by Crippen LogP contribution is 2.32. The molecule has 0 aliphatic rings. The molecule has 0 N–H and O–H groups in total.